The lowest BCUT2D eigenvalue weighted by Gasteiger charge is -2.52. The molecule has 0 aromatic heterocycles. The van der Waals surface area contributed by atoms with E-state index in [0.717, 1.165) is 18.4 Å². The molecule has 2 saturated heterocycles. The summed E-state index contributed by atoms with van der Waals surface area (Å²) in [5.41, 5.74) is 6.30. The van der Waals surface area contributed by atoms with Crippen LogP contribution in [0.2, 0.25) is 0 Å². The number of likely N-dealkylation sites (tertiary alicyclic amines) is 2. The summed E-state index contributed by atoms with van der Waals surface area (Å²) in [6.07, 6.45) is 2.69. The van der Waals surface area contributed by atoms with Gasteiger partial charge in [-0.15, -0.1) is 0 Å². The lowest BCUT2D eigenvalue weighted by atomic mass is 9.69. The number of hydrogen-bond donors (Lipinski definition) is 2. The number of hydrogen-bond acceptors (Lipinski definition) is 4. The van der Waals surface area contributed by atoms with Crippen LogP contribution in [0.3, 0.4) is 0 Å². The molecule has 0 unspecified atom stereocenters. The number of benzene rings is 1. The molecule has 6 nitrogen and oxygen atoms in total. The number of nitrogens with two attached hydrogens (primary N) is 1. The maximum atomic E-state index is 13.6. The van der Waals surface area contributed by atoms with Gasteiger partial charge in [-0.05, 0) is 38.2 Å². The molecule has 2 aliphatic heterocycles. The highest BCUT2D eigenvalue weighted by atomic mass is 16.3. The molecule has 2 fully saturated rings. The minimum atomic E-state index is -0.708. The third kappa shape index (κ3) is 3.80. The van der Waals surface area contributed by atoms with E-state index in [9.17, 15) is 14.7 Å². The van der Waals surface area contributed by atoms with E-state index in [1.165, 1.54) is 0 Å². The van der Waals surface area contributed by atoms with Crippen molar-refractivity contribution in [2.24, 2.45) is 11.1 Å². The van der Waals surface area contributed by atoms with E-state index >= 15 is 0 Å². The molecule has 6 heteroatoms. The maximum absolute atomic E-state index is 13.6. The van der Waals surface area contributed by atoms with Crippen molar-refractivity contribution in [3.63, 3.8) is 0 Å². The van der Waals surface area contributed by atoms with Crippen LogP contribution in [0.15, 0.2) is 30.3 Å². The number of likely N-dealkylation sites (N-methyl/N-ethyl adjacent to an activating group) is 1. The fourth-order valence-corrected chi connectivity index (χ4v) is 4.96. The summed E-state index contributed by atoms with van der Waals surface area (Å²) in [4.78, 5) is 29.9. The first kappa shape index (κ1) is 20.8. The first-order chi connectivity index (χ1) is 13.4. The van der Waals surface area contributed by atoms with Crippen LogP contribution in [0, 0.1) is 5.41 Å². The summed E-state index contributed by atoms with van der Waals surface area (Å²) < 4.78 is 0. The highest BCUT2D eigenvalue weighted by Crippen LogP contribution is 2.45. The van der Waals surface area contributed by atoms with E-state index in [1.807, 2.05) is 44.2 Å². The predicted octanol–water partition coefficient (Wildman–Crippen LogP) is 2.08. The van der Waals surface area contributed by atoms with Gasteiger partial charge in [0.15, 0.2) is 0 Å². The van der Waals surface area contributed by atoms with Gasteiger partial charge in [-0.2, -0.15) is 0 Å². The predicted molar refractivity (Wildman–Crippen MR) is 108 cm³/mol. The quantitative estimate of drug-likeness (QED) is 0.810. The molecule has 2 heterocycles. The molecule has 1 aromatic rings. The Morgan fingerprint density at radius 2 is 2.04 bits per heavy atom. The van der Waals surface area contributed by atoms with Crippen LogP contribution in [0.5, 0.6) is 0 Å². The molecule has 3 rings (SSSR count). The number of piperidine rings is 2. The molecule has 2 amide bonds. The Morgan fingerprint density at radius 3 is 2.68 bits per heavy atom. The van der Waals surface area contributed by atoms with Crippen molar-refractivity contribution in [2.75, 3.05) is 19.6 Å². The van der Waals surface area contributed by atoms with Crippen molar-refractivity contribution in [1.29, 1.82) is 0 Å². The number of aliphatic hydroxyl groups is 1. The van der Waals surface area contributed by atoms with Crippen molar-refractivity contribution in [1.82, 2.24) is 9.80 Å². The van der Waals surface area contributed by atoms with E-state index in [0.29, 0.717) is 38.9 Å². The molecule has 28 heavy (non-hydrogen) atoms. The van der Waals surface area contributed by atoms with E-state index in [1.54, 1.807) is 9.80 Å². The molecule has 0 radical (unpaired) electrons. The van der Waals surface area contributed by atoms with Crippen molar-refractivity contribution < 1.29 is 14.7 Å². The Hall–Kier alpha value is -1.92. The van der Waals surface area contributed by atoms with Crippen LogP contribution in [-0.2, 0) is 9.59 Å². The first-order valence-electron chi connectivity index (χ1n) is 10.5. The van der Waals surface area contributed by atoms with Gasteiger partial charge < -0.3 is 20.6 Å². The monoisotopic (exact) mass is 387 g/mol. The number of carbonyl (C=O) groups is 2. The van der Waals surface area contributed by atoms with Gasteiger partial charge in [0.1, 0.15) is 0 Å². The van der Waals surface area contributed by atoms with Crippen molar-refractivity contribution in [3.8, 4) is 0 Å². The smallest absolute Gasteiger partial charge is 0.239 e. The van der Waals surface area contributed by atoms with Crippen molar-refractivity contribution in [2.45, 2.75) is 64.1 Å². The van der Waals surface area contributed by atoms with Crippen LogP contribution >= 0.6 is 0 Å². The number of nitrogens with zero attached hydrogens (tertiary/aromatic N) is 2. The Bertz CT molecular complexity index is 696. The highest BCUT2D eigenvalue weighted by Gasteiger charge is 2.53. The number of rotatable bonds is 5. The largest absolute Gasteiger partial charge is 0.391 e. The van der Waals surface area contributed by atoms with Gasteiger partial charge in [-0.25, -0.2) is 0 Å². The summed E-state index contributed by atoms with van der Waals surface area (Å²) in [5, 5.41) is 11.1. The van der Waals surface area contributed by atoms with Crippen LogP contribution in [0.1, 0.15) is 57.6 Å². The summed E-state index contributed by atoms with van der Waals surface area (Å²) >= 11 is 0. The Balaban J connectivity index is 1.84. The molecular formula is C22H33N3O3. The molecule has 0 aliphatic carbocycles. The molecule has 4 atom stereocenters. The second-order valence-corrected chi connectivity index (χ2v) is 8.26. The van der Waals surface area contributed by atoms with Crippen LogP contribution < -0.4 is 5.73 Å². The third-order valence-electron chi connectivity index (χ3n) is 6.30. The molecule has 0 bridgehead atoms. The van der Waals surface area contributed by atoms with Gasteiger partial charge in [-0.3, -0.25) is 9.59 Å². The van der Waals surface area contributed by atoms with Gasteiger partial charge in [-0.1, -0.05) is 43.7 Å². The zero-order valence-corrected chi connectivity index (χ0v) is 17.0. The minimum absolute atomic E-state index is 0.0516. The lowest BCUT2D eigenvalue weighted by molar-refractivity contribution is -0.166. The van der Waals surface area contributed by atoms with Gasteiger partial charge in [0.05, 0.1) is 23.6 Å². The average molecular weight is 388 g/mol. The fourth-order valence-electron chi connectivity index (χ4n) is 4.96. The zero-order chi connectivity index (χ0) is 20.3. The maximum Gasteiger partial charge on any atom is 0.239 e. The van der Waals surface area contributed by atoms with Crippen LogP contribution in [-0.4, -0.2) is 58.5 Å². The van der Waals surface area contributed by atoms with Gasteiger partial charge in [0.25, 0.3) is 0 Å². The lowest BCUT2D eigenvalue weighted by Crippen LogP contribution is -2.62. The highest BCUT2D eigenvalue weighted by molar-refractivity contribution is 5.87. The number of carbonyl (C=O) groups excluding carboxylic acids is 2. The molecule has 2 aliphatic rings. The summed E-state index contributed by atoms with van der Waals surface area (Å²) in [7, 11) is 0. The SMILES string of the molecule is CCC[C@@H](N)C(=O)N1CCC[C@]2(C[C@@H](O)[C@H](c3ccccc3)N(CC)C2=O)C1. The first-order valence-corrected chi connectivity index (χ1v) is 10.5. The van der Waals surface area contributed by atoms with Gasteiger partial charge in [0, 0.05) is 19.6 Å². The topological polar surface area (TPSA) is 86.9 Å². The number of amides is 2. The van der Waals surface area contributed by atoms with E-state index in [4.69, 9.17) is 5.73 Å². The van der Waals surface area contributed by atoms with Crippen molar-refractivity contribution >= 4 is 11.8 Å². The molecule has 1 aromatic carbocycles. The zero-order valence-electron chi connectivity index (χ0n) is 17.0. The Morgan fingerprint density at radius 1 is 1.32 bits per heavy atom. The van der Waals surface area contributed by atoms with Crippen LogP contribution in [0.4, 0.5) is 0 Å². The standard InChI is InChI=1S/C22H33N3O3/c1-3-9-17(23)20(27)24-13-8-12-22(15-24)14-18(26)19(25(4-2)21(22)28)16-10-6-5-7-11-16/h5-7,10-11,17-19,26H,3-4,8-9,12-15,23H2,1-2H3/t17-,18-,19+,22+/m1/s1. The molecule has 1 spiro atoms. The normalized spacial score (nSPS) is 29.2. The fraction of sp³-hybridized carbons (Fsp3) is 0.636. The van der Waals surface area contributed by atoms with Gasteiger partial charge in [0.2, 0.25) is 11.8 Å². The van der Waals surface area contributed by atoms with Gasteiger partial charge >= 0.3 is 0 Å². The van der Waals surface area contributed by atoms with E-state index in [2.05, 4.69) is 0 Å². The Kier molecular flexibility index (Phi) is 6.40. The van der Waals surface area contributed by atoms with E-state index < -0.39 is 17.6 Å². The van der Waals surface area contributed by atoms with E-state index in [-0.39, 0.29) is 17.9 Å². The number of aliphatic hydroxyl groups excluding tert-OH is 1. The summed E-state index contributed by atoms with van der Waals surface area (Å²) in [6.45, 7) is 5.48. The molecule has 0 saturated carbocycles. The molecule has 3 N–H and O–H groups in total. The second-order valence-electron chi connectivity index (χ2n) is 8.26. The average Bonchev–Trinajstić information content (AvgIpc) is 2.71. The minimum Gasteiger partial charge on any atom is -0.391 e. The molecule has 154 valence electrons. The summed E-state index contributed by atoms with van der Waals surface area (Å²) in [5.74, 6) is -0.0211. The Labute approximate surface area is 167 Å². The third-order valence-corrected chi connectivity index (χ3v) is 6.30. The molecular weight excluding hydrogens is 354 g/mol. The summed E-state index contributed by atoms with van der Waals surface area (Å²) in [6, 6.07) is 8.87. The van der Waals surface area contributed by atoms with Crippen molar-refractivity contribution in [3.05, 3.63) is 35.9 Å². The second kappa shape index (κ2) is 8.62. The van der Waals surface area contributed by atoms with Crippen LogP contribution in [0.25, 0.3) is 0 Å².